The summed E-state index contributed by atoms with van der Waals surface area (Å²) in [4.78, 5) is 29.6. The van der Waals surface area contributed by atoms with Gasteiger partial charge in [0.1, 0.15) is 41.5 Å². The fourth-order valence-electron chi connectivity index (χ4n) is 5.91. The summed E-state index contributed by atoms with van der Waals surface area (Å²) in [6.07, 6.45) is 4.63. The second-order valence-electron chi connectivity index (χ2n) is 11.9. The number of hydrogen-bond acceptors (Lipinski definition) is 11. The number of hydrogen-bond donors (Lipinski definition) is 2. The Balaban J connectivity index is 1.34. The van der Waals surface area contributed by atoms with Crippen LogP contribution in [-0.4, -0.2) is 57.9 Å². The number of benzene rings is 1. The van der Waals surface area contributed by atoms with Gasteiger partial charge in [0, 0.05) is 6.20 Å². The van der Waals surface area contributed by atoms with Gasteiger partial charge in [0.25, 0.3) is 0 Å². The highest BCUT2D eigenvalue weighted by molar-refractivity contribution is 7.52. The Kier molecular flexibility index (Phi) is 9.31. The first-order valence-corrected chi connectivity index (χ1v) is 16.3. The number of rotatable bonds is 10. The number of nitrogens with two attached hydrogens (primary N) is 1. The van der Waals surface area contributed by atoms with Crippen LogP contribution >= 0.6 is 7.75 Å². The molecule has 1 aromatic carbocycles. The number of ether oxygens (including phenoxy) is 4. The lowest BCUT2D eigenvalue weighted by Gasteiger charge is -2.30. The molecule has 43 heavy (non-hydrogen) atoms. The third kappa shape index (κ3) is 7.30. The fourth-order valence-corrected chi connectivity index (χ4v) is 7.42. The Bertz CT molecular complexity index is 1380. The van der Waals surface area contributed by atoms with Crippen molar-refractivity contribution in [3.8, 4) is 5.75 Å². The van der Waals surface area contributed by atoms with E-state index >= 15 is 0 Å². The minimum absolute atomic E-state index is 0.0708. The van der Waals surface area contributed by atoms with Gasteiger partial charge in [0.05, 0.1) is 6.61 Å². The number of esters is 1. The molecule has 6 atom stereocenters. The van der Waals surface area contributed by atoms with Crippen LogP contribution < -0.4 is 21.0 Å². The van der Waals surface area contributed by atoms with E-state index in [4.69, 9.17) is 33.7 Å². The second kappa shape index (κ2) is 12.7. The first-order chi connectivity index (χ1) is 20.4. The Morgan fingerprint density at radius 1 is 1.16 bits per heavy atom. The Labute approximate surface area is 250 Å². The number of anilines is 1. The van der Waals surface area contributed by atoms with Crippen molar-refractivity contribution in [2.24, 2.45) is 0 Å². The lowest BCUT2D eigenvalue weighted by atomic mass is 9.96. The monoisotopic (exact) mass is 620 g/mol. The molecule has 1 aliphatic carbocycles. The van der Waals surface area contributed by atoms with Gasteiger partial charge in [0.15, 0.2) is 12.0 Å². The van der Waals surface area contributed by atoms with Gasteiger partial charge in [-0.15, -0.1) is 0 Å². The first kappa shape index (κ1) is 31.6. The van der Waals surface area contributed by atoms with Gasteiger partial charge < -0.3 is 29.2 Å². The van der Waals surface area contributed by atoms with Crippen molar-refractivity contribution in [2.75, 3.05) is 12.3 Å². The number of nitrogens with one attached hydrogen (secondary N) is 1. The predicted octanol–water partition coefficient (Wildman–Crippen LogP) is 4.08. The zero-order valence-corrected chi connectivity index (χ0v) is 25.9. The highest BCUT2D eigenvalue weighted by Crippen LogP contribution is 2.52. The maximum atomic E-state index is 14.2. The summed E-state index contributed by atoms with van der Waals surface area (Å²) in [7, 11) is -4.19. The zero-order valence-electron chi connectivity index (χ0n) is 25.0. The number of para-hydroxylation sites is 1. The number of aromatic nitrogens is 2. The average Bonchev–Trinajstić information content (AvgIpc) is 3.18. The first-order valence-electron chi connectivity index (χ1n) is 14.7. The van der Waals surface area contributed by atoms with Crippen molar-refractivity contribution >= 4 is 19.5 Å². The normalized spacial score (nSPS) is 29.3. The van der Waals surface area contributed by atoms with Crippen molar-refractivity contribution in [1.29, 1.82) is 0 Å². The molecule has 1 aromatic heterocycles. The van der Waals surface area contributed by atoms with Crippen molar-refractivity contribution in [3.63, 3.8) is 0 Å². The Morgan fingerprint density at radius 3 is 2.53 bits per heavy atom. The molecule has 0 bridgehead atoms. The molecule has 2 aromatic rings. The number of carbonyl (C=O) groups is 1. The van der Waals surface area contributed by atoms with E-state index in [1.165, 1.54) is 16.8 Å². The fraction of sp³-hybridized carbons (Fsp3) is 0.621. The molecule has 0 radical (unpaired) electrons. The molecule has 2 aliphatic heterocycles. The van der Waals surface area contributed by atoms with Gasteiger partial charge in [0.2, 0.25) is 0 Å². The summed E-state index contributed by atoms with van der Waals surface area (Å²) in [5, 5.41) is 2.74. The molecular formula is C29H41N4O9P. The number of nitrogens with zero attached hydrogens (tertiary/aromatic N) is 2. The van der Waals surface area contributed by atoms with E-state index in [1.54, 1.807) is 58.0 Å². The summed E-state index contributed by atoms with van der Waals surface area (Å²) in [5.74, 6) is -1.20. The van der Waals surface area contributed by atoms with Gasteiger partial charge >= 0.3 is 19.4 Å². The molecule has 0 amide bonds. The molecule has 3 N–H and O–H groups in total. The van der Waals surface area contributed by atoms with Crippen LogP contribution in [0, 0.1) is 0 Å². The summed E-state index contributed by atoms with van der Waals surface area (Å²) < 4.78 is 51.6. The van der Waals surface area contributed by atoms with Crippen LogP contribution in [0.15, 0.2) is 47.4 Å². The zero-order chi connectivity index (χ0) is 30.8. The van der Waals surface area contributed by atoms with Crippen LogP contribution in [0.2, 0.25) is 0 Å². The number of fused-ring (bicyclic) bond motifs is 1. The smallest absolute Gasteiger partial charge is 0.459 e. The molecule has 14 heteroatoms. The number of carbonyl (C=O) groups excluding carboxylic acids is 1. The van der Waals surface area contributed by atoms with E-state index in [9.17, 15) is 14.2 Å². The molecular weight excluding hydrogens is 579 g/mol. The maximum Gasteiger partial charge on any atom is 0.459 e. The van der Waals surface area contributed by atoms with Gasteiger partial charge in [-0.3, -0.25) is 13.9 Å². The molecule has 13 nitrogen and oxygen atoms in total. The molecule has 1 saturated carbocycles. The quantitative estimate of drug-likeness (QED) is 0.223. The van der Waals surface area contributed by atoms with Crippen LogP contribution in [0.4, 0.5) is 5.82 Å². The van der Waals surface area contributed by atoms with Crippen LogP contribution in [0.1, 0.15) is 72.4 Å². The highest BCUT2D eigenvalue weighted by atomic mass is 31.2. The summed E-state index contributed by atoms with van der Waals surface area (Å²) in [5.41, 5.74) is 3.93. The minimum Gasteiger partial charge on any atom is -0.461 e. The lowest BCUT2D eigenvalue weighted by Crippen LogP contribution is -2.45. The van der Waals surface area contributed by atoms with Crippen molar-refractivity contribution in [1.82, 2.24) is 14.6 Å². The number of nitrogen functional groups attached to an aromatic ring is 1. The van der Waals surface area contributed by atoms with E-state index in [-0.39, 0.29) is 24.3 Å². The second-order valence-corrected chi connectivity index (χ2v) is 13.6. The van der Waals surface area contributed by atoms with E-state index in [0.717, 1.165) is 38.5 Å². The van der Waals surface area contributed by atoms with Crippen LogP contribution in [0.25, 0.3) is 0 Å². The largest absolute Gasteiger partial charge is 0.461 e. The third-order valence-corrected chi connectivity index (χ3v) is 9.49. The van der Waals surface area contributed by atoms with Gasteiger partial charge in [-0.05, 0) is 71.6 Å². The van der Waals surface area contributed by atoms with Crippen molar-refractivity contribution < 1.29 is 37.4 Å². The predicted molar refractivity (Wildman–Crippen MR) is 156 cm³/mol. The summed E-state index contributed by atoms with van der Waals surface area (Å²) in [6, 6.07) is 8.98. The van der Waals surface area contributed by atoms with Crippen molar-refractivity contribution in [2.45, 2.75) is 108 Å². The van der Waals surface area contributed by atoms with E-state index in [0.29, 0.717) is 0 Å². The molecule has 0 spiro atoms. The van der Waals surface area contributed by atoms with Crippen LogP contribution in [-0.2, 0) is 32.8 Å². The van der Waals surface area contributed by atoms with E-state index < -0.39 is 55.3 Å². The average molecular weight is 621 g/mol. The highest BCUT2D eigenvalue weighted by Gasteiger charge is 2.64. The topological polar surface area (TPSA) is 162 Å². The summed E-state index contributed by atoms with van der Waals surface area (Å²) >= 11 is 0. The Hall–Kier alpha value is -2.80. The lowest BCUT2D eigenvalue weighted by molar-refractivity contribution is -0.217. The molecule has 3 heterocycles. The van der Waals surface area contributed by atoms with E-state index in [1.807, 2.05) is 0 Å². The van der Waals surface area contributed by atoms with Gasteiger partial charge in [-0.2, -0.15) is 10.1 Å². The third-order valence-electron chi connectivity index (χ3n) is 7.85. The molecule has 5 rings (SSSR count). The van der Waals surface area contributed by atoms with Crippen molar-refractivity contribution in [3.05, 3.63) is 53.1 Å². The molecule has 1 unspecified atom stereocenters. The standard InChI is InChI=1S/C29H41N4O9P/c1-19(25(34)38-20-12-8-5-6-9-13-20)32-43(36,41-21-14-10-7-11-15-21)37-18-22-24-29(4,42-28(2,3)40-24)26(39-22)33-17-16-23(30)31-27(33)35/h7,10-11,14-17,19-20,22,24,26H,5-6,8-9,12-13,18H2,1-4H3,(H,32,36)(H2,30,31,35)/t19-,22+,24+,26+,29+,43?/m0/s1. The molecule has 236 valence electrons. The van der Waals surface area contributed by atoms with Crippen LogP contribution in [0.3, 0.4) is 0 Å². The van der Waals surface area contributed by atoms with Gasteiger partial charge in [-0.25, -0.2) is 9.36 Å². The summed E-state index contributed by atoms with van der Waals surface area (Å²) in [6.45, 7) is 6.54. The minimum atomic E-state index is -4.19. The SMILES string of the molecule is C[C@H](NP(=O)(OC[C@H]1O[C@@H](n2ccc(N)nc2=O)[C@]2(C)OC(C)(C)O[C@H]12)Oc1ccccc1)C(=O)OC1CCCCCC1. The Morgan fingerprint density at radius 2 is 1.86 bits per heavy atom. The molecule has 3 fully saturated rings. The molecule has 2 saturated heterocycles. The van der Waals surface area contributed by atoms with E-state index in [2.05, 4.69) is 10.1 Å². The van der Waals surface area contributed by atoms with Gasteiger partial charge in [-0.1, -0.05) is 31.0 Å². The molecule has 3 aliphatic rings. The maximum absolute atomic E-state index is 14.2. The van der Waals surface area contributed by atoms with Crippen LogP contribution in [0.5, 0.6) is 5.75 Å².